The van der Waals surface area contributed by atoms with Crippen LogP contribution in [-0.2, 0) is 10.0 Å². The van der Waals surface area contributed by atoms with Crippen LogP contribution in [-0.4, -0.2) is 26.3 Å². The van der Waals surface area contributed by atoms with Gasteiger partial charge in [-0.05, 0) is 42.5 Å². The van der Waals surface area contributed by atoms with E-state index in [1.165, 1.54) is 55.6 Å². The summed E-state index contributed by atoms with van der Waals surface area (Å²) in [6, 6.07) is 19.6. The highest BCUT2D eigenvalue weighted by Crippen LogP contribution is 2.23. The van der Waals surface area contributed by atoms with E-state index in [9.17, 15) is 23.3 Å². The van der Waals surface area contributed by atoms with E-state index in [0.29, 0.717) is 11.4 Å². The van der Waals surface area contributed by atoms with E-state index in [1.54, 1.807) is 30.3 Å². The van der Waals surface area contributed by atoms with E-state index in [-0.39, 0.29) is 16.1 Å². The van der Waals surface area contributed by atoms with Crippen molar-refractivity contribution in [2.24, 2.45) is 0 Å². The lowest BCUT2D eigenvalue weighted by Gasteiger charge is -2.19. The SMILES string of the molecule is CN(c1ccccc1)S(=O)(=O)c1cccc(C(=O)Nc2ccc([N+](=O)[O-])cc2)c1. The van der Waals surface area contributed by atoms with E-state index < -0.39 is 20.9 Å². The number of rotatable bonds is 6. The Hall–Kier alpha value is -3.72. The second kappa shape index (κ2) is 8.11. The number of nitro groups is 1. The van der Waals surface area contributed by atoms with Gasteiger partial charge in [-0.2, -0.15) is 0 Å². The van der Waals surface area contributed by atoms with Crippen LogP contribution in [0.4, 0.5) is 17.1 Å². The highest BCUT2D eigenvalue weighted by Gasteiger charge is 2.22. The van der Waals surface area contributed by atoms with Crippen LogP contribution >= 0.6 is 0 Å². The van der Waals surface area contributed by atoms with Gasteiger partial charge >= 0.3 is 0 Å². The Kier molecular flexibility index (Phi) is 5.60. The number of anilines is 2. The van der Waals surface area contributed by atoms with Crippen LogP contribution in [0.3, 0.4) is 0 Å². The summed E-state index contributed by atoms with van der Waals surface area (Å²) in [5, 5.41) is 13.3. The molecule has 0 saturated carbocycles. The van der Waals surface area contributed by atoms with Gasteiger partial charge in [0.25, 0.3) is 21.6 Å². The Balaban J connectivity index is 1.83. The molecule has 0 fully saturated rings. The minimum atomic E-state index is -3.86. The minimum absolute atomic E-state index is 0.0276. The maximum absolute atomic E-state index is 12.9. The summed E-state index contributed by atoms with van der Waals surface area (Å²) >= 11 is 0. The molecule has 3 aromatic carbocycles. The third kappa shape index (κ3) is 4.41. The first-order chi connectivity index (χ1) is 13.8. The summed E-state index contributed by atoms with van der Waals surface area (Å²) in [6.45, 7) is 0. The van der Waals surface area contributed by atoms with E-state index >= 15 is 0 Å². The Morgan fingerprint density at radius 3 is 2.24 bits per heavy atom. The van der Waals surface area contributed by atoms with Crippen molar-refractivity contribution in [3.63, 3.8) is 0 Å². The molecule has 0 aliphatic rings. The number of amides is 1. The van der Waals surface area contributed by atoms with Crippen molar-refractivity contribution < 1.29 is 18.1 Å². The van der Waals surface area contributed by atoms with Crippen LogP contribution in [0, 0.1) is 10.1 Å². The molecule has 8 nitrogen and oxygen atoms in total. The lowest BCUT2D eigenvalue weighted by Crippen LogP contribution is -2.26. The molecule has 9 heteroatoms. The molecule has 0 spiro atoms. The topological polar surface area (TPSA) is 110 Å². The predicted molar refractivity (Wildman–Crippen MR) is 110 cm³/mol. The van der Waals surface area contributed by atoms with Gasteiger partial charge in [-0.15, -0.1) is 0 Å². The zero-order chi connectivity index (χ0) is 21.0. The molecule has 1 amide bonds. The van der Waals surface area contributed by atoms with Gasteiger partial charge in [-0.3, -0.25) is 19.2 Å². The molecule has 0 aromatic heterocycles. The predicted octanol–water partition coefficient (Wildman–Crippen LogP) is 3.67. The van der Waals surface area contributed by atoms with Crippen LogP contribution in [0.1, 0.15) is 10.4 Å². The largest absolute Gasteiger partial charge is 0.322 e. The summed E-state index contributed by atoms with van der Waals surface area (Å²) in [7, 11) is -2.42. The number of non-ortho nitro benzene ring substituents is 1. The van der Waals surface area contributed by atoms with Gasteiger partial charge in [0, 0.05) is 30.4 Å². The third-order valence-corrected chi connectivity index (χ3v) is 5.99. The fourth-order valence-electron chi connectivity index (χ4n) is 2.60. The van der Waals surface area contributed by atoms with Crippen molar-refractivity contribution in [1.29, 1.82) is 0 Å². The second-order valence-corrected chi connectivity index (χ2v) is 8.06. The number of carbonyl (C=O) groups is 1. The average Bonchev–Trinajstić information content (AvgIpc) is 2.74. The van der Waals surface area contributed by atoms with Crippen molar-refractivity contribution in [3.8, 4) is 0 Å². The van der Waals surface area contributed by atoms with Crippen molar-refractivity contribution in [1.82, 2.24) is 0 Å². The average molecular weight is 411 g/mol. The van der Waals surface area contributed by atoms with E-state index in [4.69, 9.17) is 0 Å². The summed E-state index contributed by atoms with van der Waals surface area (Å²) in [5.74, 6) is -0.529. The molecule has 0 aliphatic heterocycles. The van der Waals surface area contributed by atoms with Crippen molar-refractivity contribution >= 4 is 33.0 Å². The first-order valence-electron chi connectivity index (χ1n) is 8.49. The van der Waals surface area contributed by atoms with Gasteiger partial charge in [0.05, 0.1) is 15.5 Å². The number of hydrogen-bond donors (Lipinski definition) is 1. The third-order valence-electron chi connectivity index (χ3n) is 4.21. The van der Waals surface area contributed by atoms with Crippen molar-refractivity contribution in [3.05, 3.63) is 94.5 Å². The first kappa shape index (κ1) is 20.0. The Morgan fingerprint density at radius 1 is 0.966 bits per heavy atom. The number of benzene rings is 3. The molecular weight excluding hydrogens is 394 g/mol. The van der Waals surface area contributed by atoms with E-state index in [0.717, 1.165) is 4.31 Å². The molecule has 1 N–H and O–H groups in total. The Morgan fingerprint density at radius 2 is 1.62 bits per heavy atom. The number of carbonyl (C=O) groups excluding carboxylic acids is 1. The molecule has 148 valence electrons. The summed E-state index contributed by atoms with van der Waals surface area (Å²) in [6.07, 6.45) is 0. The van der Waals surface area contributed by atoms with Crippen LogP contribution in [0.2, 0.25) is 0 Å². The van der Waals surface area contributed by atoms with E-state index in [1.807, 2.05) is 0 Å². The van der Waals surface area contributed by atoms with Crippen LogP contribution in [0.5, 0.6) is 0 Å². The smallest absolute Gasteiger partial charge is 0.269 e. The number of nitro benzene ring substituents is 1. The molecule has 0 heterocycles. The second-order valence-electron chi connectivity index (χ2n) is 6.09. The molecule has 0 atom stereocenters. The summed E-state index contributed by atoms with van der Waals surface area (Å²) in [4.78, 5) is 22.6. The molecular formula is C20H17N3O5S. The summed E-state index contributed by atoms with van der Waals surface area (Å²) in [5.41, 5.74) is 0.898. The highest BCUT2D eigenvalue weighted by molar-refractivity contribution is 7.92. The number of nitrogens with zero attached hydrogens (tertiary/aromatic N) is 2. The van der Waals surface area contributed by atoms with Crippen molar-refractivity contribution in [2.45, 2.75) is 4.90 Å². The maximum Gasteiger partial charge on any atom is 0.269 e. The summed E-state index contributed by atoms with van der Waals surface area (Å²) < 4.78 is 26.9. The zero-order valence-electron chi connectivity index (χ0n) is 15.3. The number of para-hydroxylation sites is 1. The zero-order valence-corrected chi connectivity index (χ0v) is 16.2. The maximum atomic E-state index is 12.9. The van der Waals surface area contributed by atoms with Crippen LogP contribution in [0.25, 0.3) is 0 Å². The molecule has 0 aliphatic carbocycles. The molecule has 0 unspecified atom stereocenters. The Labute approximate surface area is 167 Å². The monoisotopic (exact) mass is 411 g/mol. The van der Waals surface area contributed by atoms with Crippen molar-refractivity contribution in [2.75, 3.05) is 16.7 Å². The first-order valence-corrected chi connectivity index (χ1v) is 9.93. The molecule has 3 aromatic rings. The lowest BCUT2D eigenvalue weighted by molar-refractivity contribution is -0.384. The number of nitrogens with one attached hydrogen (secondary N) is 1. The normalized spacial score (nSPS) is 10.9. The van der Waals surface area contributed by atoms with E-state index in [2.05, 4.69) is 5.32 Å². The van der Waals surface area contributed by atoms with Gasteiger partial charge < -0.3 is 5.32 Å². The number of sulfonamides is 1. The fourth-order valence-corrected chi connectivity index (χ4v) is 3.84. The molecule has 29 heavy (non-hydrogen) atoms. The van der Waals surface area contributed by atoms with Crippen LogP contribution in [0.15, 0.2) is 83.8 Å². The van der Waals surface area contributed by atoms with Gasteiger partial charge in [-0.1, -0.05) is 24.3 Å². The van der Waals surface area contributed by atoms with Gasteiger partial charge in [0.2, 0.25) is 0 Å². The highest BCUT2D eigenvalue weighted by atomic mass is 32.2. The quantitative estimate of drug-likeness (QED) is 0.492. The Bertz CT molecular complexity index is 1150. The lowest BCUT2D eigenvalue weighted by atomic mass is 10.2. The molecule has 0 bridgehead atoms. The fraction of sp³-hybridized carbons (Fsp3) is 0.0500. The van der Waals surface area contributed by atoms with Crippen LogP contribution < -0.4 is 9.62 Å². The van der Waals surface area contributed by atoms with Gasteiger partial charge in [-0.25, -0.2) is 8.42 Å². The standard InChI is InChI=1S/C20H17N3O5S/c1-22(17-7-3-2-4-8-17)29(27,28)19-9-5-6-15(14-19)20(24)21-16-10-12-18(13-11-16)23(25)26/h2-14H,1H3,(H,21,24). The molecule has 0 radical (unpaired) electrons. The minimum Gasteiger partial charge on any atom is -0.322 e. The van der Waals surface area contributed by atoms with Gasteiger partial charge in [0.15, 0.2) is 0 Å². The number of hydrogen-bond acceptors (Lipinski definition) is 5. The molecule has 3 rings (SSSR count). The molecule has 0 saturated heterocycles. The van der Waals surface area contributed by atoms with Gasteiger partial charge in [0.1, 0.15) is 0 Å².